The Morgan fingerprint density at radius 3 is 1.05 bits per heavy atom. The quantitative estimate of drug-likeness (QED) is 0.250. The van der Waals surface area contributed by atoms with Gasteiger partial charge in [0.15, 0.2) is 14.7 Å². The molecule has 4 aromatic carbocycles. The van der Waals surface area contributed by atoms with E-state index in [1.807, 2.05) is 0 Å². The SMILES string of the molecule is CC(C)(C)c1ccc([S+](c2ccc(C(C)(C)C)cc2)c2ccc(C(C)(C)C)cc2)cc1.O=C(O)c1ccccc1[O-]. The normalized spacial score (nSPS) is 12.0. The van der Waals surface area contributed by atoms with E-state index in [1.165, 1.54) is 55.6 Å². The van der Waals surface area contributed by atoms with Crippen LogP contribution < -0.4 is 5.11 Å². The van der Waals surface area contributed by atoms with Crippen molar-refractivity contribution in [2.75, 3.05) is 0 Å². The molecular formula is C37H44O3S. The van der Waals surface area contributed by atoms with Crippen LogP contribution in [-0.2, 0) is 27.1 Å². The second-order valence-corrected chi connectivity index (χ2v) is 15.5. The molecule has 0 bridgehead atoms. The fraction of sp³-hybridized carbons (Fsp3) is 0.324. The van der Waals surface area contributed by atoms with Gasteiger partial charge in [-0.2, -0.15) is 0 Å². The summed E-state index contributed by atoms with van der Waals surface area (Å²) in [5.74, 6) is -1.62. The molecule has 0 aromatic heterocycles. The maximum absolute atomic E-state index is 10.7. The molecule has 0 atom stereocenters. The van der Waals surface area contributed by atoms with Gasteiger partial charge in [-0.3, -0.25) is 0 Å². The van der Waals surface area contributed by atoms with E-state index in [-0.39, 0.29) is 32.7 Å². The summed E-state index contributed by atoms with van der Waals surface area (Å²) < 4.78 is 0. The highest BCUT2D eigenvalue weighted by Crippen LogP contribution is 2.35. The zero-order valence-corrected chi connectivity index (χ0v) is 26.7. The Hall–Kier alpha value is -3.50. The zero-order chi connectivity index (χ0) is 30.6. The molecular weight excluding hydrogens is 524 g/mol. The van der Waals surface area contributed by atoms with Crippen LogP contribution in [0.25, 0.3) is 0 Å². The molecule has 41 heavy (non-hydrogen) atoms. The minimum Gasteiger partial charge on any atom is -0.872 e. The Bertz CT molecular complexity index is 1290. The fourth-order valence-corrected chi connectivity index (χ4v) is 6.37. The van der Waals surface area contributed by atoms with Gasteiger partial charge in [0.25, 0.3) is 0 Å². The van der Waals surface area contributed by atoms with Gasteiger partial charge in [-0.1, -0.05) is 123 Å². The predicted octanol–water partition coefficient (Wildman–Crippen LogP) is 9.13. The molecule has 0 saturated carbocycles. The van der Waals surface area contributed by atoms with Crippen molar-refractivity contribution in [3.8, 4) is 5.75 Å². The number of carboxylic acids is 1. The van der Waals surface area contributed by atoms with E-state index in [9.17, 15) is 9.90 Å². The van der Waals surface area contributed by atoms with Crippen LogP contribution in [0.1, 0.15) is 89.4 Å². The van der Waals surface area contributed by atoms with Crippen LogP contribution in [0, 0.1) is 0 Å². The largest absolute Gasteiger partial charge is 0.872 e. The summed E-state index contributed by atoms with van der Waals surface area (Å²) in [4.78, 5) is 14.3. The van der Waals surface area contributed by atoms with Crippen LogP contribution in [0.5, 0.6) is 5.75 Å². The molecule has 0 fully saturated rings. The zero-order valence-electron chi connectivity index (χ0n) is 25.9. The second kappa shape index (κ2) is 12.6. The molecule has 4 heteroatoms. The molecule has 0 heterocycles. The number of rotatable bonds is 4. The summed E-state index contributed by atoms with van der Waals surface area (Å²) in [6.45, 7) is 20.5. The second-order valence-electron chi connectivity index (χ2n) is 13.4. The van der Waals surface area contributed by atoms with Crippen molar-refractivity contribution in [1.29, 1.82) is 0 Å². The van der Waals surface area contributed by atoms with Crippen LogP contribution in [0.15, 0.2) is 112 Å². The van der Waals surface area contributed by atoms with Gasteiger partial charge in [-0.15, -0.1) is 0 Å². The summed E-state index contributed by atoms with van der Waals surface area (Å²) in [5.41, 5.74) is 4.46. The lowest BCUT2D eigenvalue weighted by Crippen LogP contribution is -2.13. The first-order chi connectivity index (χ1) is 19.0. The number of carbonyl (C=O) groups is 1. The Morgan fingerprint density at radius 2 is 0.829 bits per heavy atom. The predicted molar refractivity (Wildman–Crippen MR) is 170 cm³/mol. The number of hydrogen-bond donors (Lipinski definition) is 1. The molecule has 216 valence electrons. The molecule has 0 unspecified atom stereocenters. The van der Waals surface area contributed by atoms with Gasteiger partial charge in [0.1, 0.15) is 0 Å². The maximum Gasteiger partial charge on any atom is 0.335 e. The van der Waals surface area contributed by atoms with Gasteiger partial charge >= 0.3 is 5.97 Å². The lowest BCUT2D eigenvalue weighted by atomic mass is 9.87. The molecule has 0 aliphatic heterocycles. The highest BCUT2D eigenvalue weighted by molar-refractivity contribution is 7.97. The summed E-state index contributed by atoms with van der Waals surface area (Å²) in [6.07, 6.45) is 0. The van der Waals surface area contributed by atoms with Gasteiger partial charge in [-0.25, -0.2) is 4.79 Å². The van der Waals surface area contributed by atoms with Crippen molar-refractivity contribution in [2.45, 2.75) is 93.2 Å². The van der Waals surface area contributed by atoms with Crippen molar-refractivity contribution in [3.63, 3.8) is 0 Å². The average Bonchev–Trinajstić information content (AvgIpc) is 2.89. The molecule has 4 aromatic rings. The lowest BCUT2D eigenvalue weighted by Gasteiger charge is -2.21. The summed E-state index contributed by atoms with van der Waals surface area (Å²) in [6, 6.07) is 33.4. The minimum atomic E-state index is -1.18. The standard InChI is InChI=1S/C30H39S.C7H6O3/c1-28(2,3)22-10-16-25(17-11-22)31(26-18-12-23(13-19-26)29(4,5)6)27-20-14-24(15-21-27)30(7,8)9;8-6-4-2-1-3-5(6)7(9)10/h10-21H,1-9H3;1-4,8H,(H,9,10)/q+1;/p-1. The first-order valence-electron chi connectivity index (χ1n) is 14.0. The molecule has 0 saturated heterocycles. The number of carboxylic acid groups (broad SMARTS) is 1. The summed E-state index contributed by atoms with van der Waals surface area (Å²) in [5, 5.41) is 19.0. The lowest BCUT2D eigenvalue weighted by molar-refractivity contribution is -0.268. The van der Waals surface area contributed by atoms with E-state index in [0.717, 1.165) is 0 Å². The Balaban J connectivity index is 0.000000389. The fourth-order valence-electron chi connectivity index (χ4n) is 4.32. The molecule has 0 aliphatic rings. The Morgan fingerprint density at radius 1 is 0.537 bits per heavy atom. The summed E-state index contributed by atoms with van der Waals surface area (Å²) >= 11 is 0. The van der Waals surface area contributed by atoms with Crippen molar-refractivity contribution in [1.82, 2.24) is 0 Å². The average molecular weight is 569 g/mol. The van der Waals surface area contributed by atoms with Gasteiger partial charge in [0, 0.05) is 0 Å². The monoisotopic (exact) mass is 568 g/mol. The first kappa shape index (κ1) is 32.0. The van der Waals surface area contributed by atoms with Crippen LogP contribution in [0.3, 0.4) is 0 Å². The van der Waals surface area contributed by atoms with Crippen molar-refractivity contribution in [2.24, 2.45) is 0 Å². The molecule has 0 amide bonds. The van der Waals surface area contributed by atoms with E-state index >= 15 is 0 Å². The number of aromatic carboxylic acids is 1. The third-order valence-electron chi connectivity index (χ3n) is 6.99. The van der Waals surface area contributed by atoms with Crippen LogP contribution in [-0.4, -0.2) is 11.1 Å². The van der Waals surface area contributed by atoms with Crippen molar-refractivity contribution < 1.29 is 15.0 Å². The topological polar surface area (TPSA) is 60.4 Å². The Labute approximate surface area is 249 Å². The van der Waals surface area contributed by atoms with Gasteiger partial charge in [0.2, 0.25) is 0 Å². The minimum absolute atomic E-state index is 0.120. The maximum atomic E-state index is 10.7. The third-order valence-corrected chi connectivity index (χ3v) is 9.22. The molecule has 1 N–H and O–H groups in total. The van der Waals surface area contributed by atoms with E-state index in [0.29, 0.717) is 0 Å². The van der Waals surface area contributed by atoms with E-state index < -0.39 is 11.7 Å². The van der Waals surface area contributed by atoms with Gasteiger partial charge < -0.3 is 10.2 Å². The highest BCUT2D eigenvalue weighted by atomic mass is 32.2. The number of hydrogen-bond acceptors (Lipinski definition) is 2. The van der Waals surface area contributed by atoms with Crippen molar-refractivity contribution >= 4 is 16.9 Å². The van der Waals surface area contributed by atoms with E-state index in [4.69, 9.17) is 5.11 Å². The first-order valence-corrected chi connectivity index (χ1v) is 15.3. The molecule has 0 radical (unpaired) electrons. The van der Waals surface area contributed by atoms with Crippen LogP contribution >= 0.6 is 0 Å². The molecule has 0 spiro atoms. The van der Waals surface area contributed by atoms with Crippen LogP contribution in [0.4, 0.5) is 0 Å². The molecule has 4 rings (SSSR count). The van der Waals surface area contributed by atoms with Gasteiger partial charge in [-0.05, 0) is 75.4 Å². The summed E-state index contributed by atoms with van der Waals surface area (Å²) in [7, 11) is -0.120. The van der Waals surface area contributed by atoms with Crippen LogP contribution in [0.2, 0.25) is 0 Å². The molecule has 3 nitrogen and oxygen atoms in total. The van der Waals surface area contributed by atoms with Crippen molar-refractivity contribution in [3.05, 3.63) is 119 Å². The third kappa shape index (κ3) is 8.50. The number of benzene rings is 4. The smallest absolute Gasteiger partial charge is 0.335 e. The van der Waals surface area contributed by atoms with E-state index in [2.05, 4.69) is 135 Å². The number of para-hydroxylation sites is 1. The van der Waals surface area contributed by atoms with E-state index in [1.54, 1.807) is 0 Å². The van der Waals surface area contributed by atoms with Gasteiger partial charge in [0.05, 0.1) is 16.5 Å². The highest BCUT2D eigenvalue weighted by Gasteiger charge is 2.30. The molecule has 0 aliphatic carbocycles. The Kier molecular flexibility index (Phi) is 9.81.